The quantitative estimate of drug-likeness (QED) is 0.702. The third-order valence-corrected chi connectivity index (χ3v) is 3.85. The average Bonchev–Trinajstić information content (AvgIpc) is 2.38. The SMILES string of the molecule is O=C1Cc2cccc3c2-c2c(cccc21)CC3=O. The summed E-state index contributed by atoms with van der Waals surface area (Å²) in [5.74, 6) is 0.316. The van der Waals surface area contributed by atoms with E-state index in [0.29, 0.717) is 12.8 Å². The van der Waals surface area contributed by atoms with Crippen LogP contribution in [-0.2, 0) is 12.8 Å². The van der Waals surface area contributed by atoms with Crippen LogP contribution in [-0.4, -0.2) is 11.6 Å². The van der Waals surface area contributed by atoms with Crippen LogP contribution < -0.4 is 0 Å². The molecule has 2 aliphatic carbocycles. The second-order valence-corrected chi connectivity index (χ2v) is 4.88. The highest BCUT2D eigenvalue weighted by Gasteiger charge is 2.32. The van der Waals surface area contributed by atoms with Gasteiger partial charge in [0.2, 0.25) is 0 Å². The van der Waals surface area contributed by atoms with Gasteiger partial charge in [0.25, 0.3) is 0 Å². The summed E-state index contributed by atoms with van der Waals surface area (Å²) in [4.78, 5) is 24.3. The highest BCUT2D eigenvalue weighted by Crippen LogP contribution is 2.41. The Morgan fingerprint density at radius 2 is 1.11 bits per heavy atom. The molecule has 0 saturated heterocycles. The van der Waals surface area contributed by atoms with Gasteiger partial charge in [0.1, 0.15) is 0 Å². The zero-order chi connectivity index (χ0) is 12.3. The van der Waals surface area contributed by atoms with Crippen molar-refractivity contribution in [3.05, 3.63) is 58.7 Å². The smallest absolute Gasteiger partial charge is 0.167 e. The maximum atomic E-state index is 12.1. The molecule has 0 fully saturated rings. The second-order valence-electron chi connectivity index (χ2n) is 4.88. The van der Waals surface area contributed by atoms with E-state index in [2.05, 4.69) is 0 Å². The van der Waals surface area contributed by atoms with Crippen LogP contribution in [0.15, 0.2) is 36.4 Å². The molecule has 18 heavy (non-hydrogen) atoms. The van der Waals surface area contributed by atoms with E-state index in [4.69, 9.17) is 0 Å². The zero-order valence-electron chi connectivity index (χ0n) is 9.69. The number of carbonyl (C=O) groups excluding carboxylic acids is 2. The lowest BCUT2D eigenvalue weighted by molar-refractivity contribution is 0.0975. The Morgan fingerprint density at radius 3 is 1.56 bits per heavy atom. The van der Waals surface area contributed by atoms with Gasteiger partial charge >= 0.3 is 0 Å². The van der Waals surface area contributed by atoms with Crippen molar-refractivity contribution in [1.82, 2.24) is 0 Å². The maximum Gasteiger partial charge on any atom is 0.167 e. The van der Waals surface area contributed by atoms with Gasteiger partial charge in [-0.15, -0.1) is 0 Å². The fourth-order valence-corrected chi connectivity index (χ4v) is 3.09. The molecule has 2 nitrogen and oxygen atoms in total. The molecule has 0 spiro atoms. The van der Waals surface area contributed by atoms with Gasteiger partial charge in [-0.05, 0) is 22.3 Å². The van der Waals surface area contributed by atoms with E-state index in [-0.39, 0.29) is 11.6 Å². The Bertz CT molecular complexity index is 662. The first kappa shape index (κ1) is 9.77. The molecule has 0 aliphatic heterocycles. The molecular weight excluding hydrogens is 224 g/mol. The van der Waals surface area contributed by atoms with Crippen molar-refractivity contribution in [2.75, 3.05) is 0 Å². The van der Waals surface area contributed by atoms with Crippen molar-refractivity contribution < 1.29 is 9.59 Å². The molecule has 0 aromatic heterocycles. The largest absolute Gasteiger partial charge is 0.294 e. The monoisotopic (exact) mass is 234 g/mol. The summed E-state index contributed by atoms with van der Waals surface area (Å²) in [5.41, 5.74) is 5.54. The number of Topliss-reactive ketones (excluding diaryl/α,β-unsaturated/α-hetero) is 2. The number of carbonyl (C=O) groups is 2. The van der Waals surface area contributed by atoms with E-state index in [1.165, 1.54) is 0 Å². The third kappa shape index (κ3) is 1.07. The van der Waals surface area contributed by atoms with Crippen molar-refractivity contribution in [3.63, 3.8) is 0 Å². The van der Waals surface area contributed by atoms with Gasteiger partial charge in [-0.1, -0.05) is 36.4 Å². The van der Waals surface area contributed by atoms with Crippen LogP contribution in [0, 0.1) is 0 Å². The van der Waals surface area contributed by atoms with E-state index >= 15 is 0 Å². The molecule has 2 aromatic rings. The minimum atomic E-state index is 0.158. The van der Waals surface area contributed by atoms with E-state index in [1.54, 1.807) is 0 Å². The first-order valence-corrected chi connectivity index (χ1v) is 6.06. The molecule has 2 aromatic carbocycles. The molecule has 86 valence electrons. The van der Waals surface area contributed by atoms with Crippen molar-refractivity contribution in [1.29, 1.82) is 0 Å². The first-order chi connectivity index (χ1) is 8.75. The van der Waals surface area contributed by atoms with Crippen LogP contribution in [0.1, 0.15) is 31.8 Å². The van der Waals surface area contributed by atoms with Gasteiger partial charge in [0.05, 0.1) is 0 Å². The van der Waals surface area contributed by atoms with Crippen LogP contribution in [0.2, 0.25) is 0 Å². The predicted molar refractivity (Wildman–Crippen MR) is 67.9 cm³/mol. The number of ketones is 2. The molecule has 0 heterocycles. The number of rotatable bonds is 0. The van der Waals surface area contributed by atoms with Crippen LogP contribution in [0.3, 0.4) is 0 Å². The average molecular weight is 234 g/mol. The van der Waals surface area contributed by atoms with Crippen LogP contribution in [0.5, 0.6) is 0 Å². The van der Waals surface area contributed by atoms with Crippen molar-refractivity contribution in [3.8, 4) is 11.1 Å². The molecule has 0 amide bonds. The molecule has 2 heteroatoms. The summed E-state index contributed by atoms with van der Waals surface area (Å²) in [6.07, 6.45) is 0.819. The molecule has 2 aliphatic rings. The molecule has 0 N–H and O–H groups in total. The lowest BCUT2D eigenvalue weighted by atomic mass is 9.75. The van der Waals surface area contributed by atoms with Crippen molar-refractivity contribution in [2.45, 2.75) is 12.8 Å². The van der Waals surface area contributed by atoms with Crippen LogP contribution in [0.4, 0.5) is 0 Å². The normalized spacial score (nSPS) is 15.6. The number of benzene rings is 2. The summed E-state index contributed by atoms with van der Waals surface area (Å²) in [6, 6.07) is 11.4. The Balaban J connectivity index is 2.20. The van der Waals surface area contributed by atoms with Crippen molar-refractivity contribution >= 4 is 11.6 Å². The molecule has 0 saturated carbocycles. The summed E-state index contributed by atoms with van der Waals surface area (Å²) in [6.45, 7) is 0. The predicted octanol–water partition coefficient (Wildman–Crippen LogP) is 2.83. The fourth-order valence-electron chi connectivity index (χ4n) is 3.09. The Kier molecular flexibility index (Phi) is 1.72. The van der Waals surface area contributed by atoms with E-state index in [0.717, 1.165) is 33.4 Å². The molecule has 0 bridgehead atoms. The van der Waals surface area contributed by atoms with E-state index in [1.807, 2.05) is 36.4 Å². The van der Waals surface area contributed by atoms with Crippen LogP contribution >= 0.6 is 0 Å². The minimum Gasteiger partial charge on any atom is -0.294 e. The molecule has 0 unspecified atom stereocenters. The fraction of sp³-hybridized carbons (Fsp3) is 0.125. The Hall–Kier alpha value is -2.22. The lowest BCUT2D eigenvalue weighted by Crippen LogP contribution is -2.21. The maximum absolute atomic E-state index is 12.1. The van der Waals surface area contributed by atoms with E-state index < -0.39 is 0 Å². The molecule has 4 rings (SSSR count). The lowest BCUT2D eigenvalue weighted by Gasteiger charge is -2.27. The summed E-state index contributed by atoms with van der Waals surface area (Å²) < 4.78 is 0. The van der Waals surface area contributed by atoms with Gasteiger partial charge in [-0.3, -0.25) is 9.59 Å². The summed E-state index contributed by atoms with van der Waals surface area (Å²) >= 11 is 0. The standard InChI is InChI=1S/C16H10O2/c17-13-8-10-4-2-6-12-14(18)7-9-3-1-5-11(13)15(9)16(10)12/h1-6H,7-8H2. The van der Waals surface area contributed by atoms with Gasteiger partial charge in [0, 0.05) is 24.0 Å². The van der Waals surface area contributed by atoms with Gasteiger partial charge in [-0.25, -0.2) is 0 Å². The number of hydrogen-bond donors (Lipinski definition) is 0. The Labute approximate surface area is 104 Å². The molecular formula is C16H10O2. The second kappa shape index (κ2) is 3.16. The topological polar surface area (TPSA) is 34.1 Å². The van der Waals surface area contributed by atoms with Gasteiger partial charge in [0.15, 0.2) is 11.6 Å². The summed E-state index contributed by atoms with van der Waals surface area (Å²) in [5, 5.41) is 0. The zero-order valence-corrected chi connectivity index (χ0v) is 9.69. The Morgan fingerprint density at radius 1 is 0.667 bits per heavy atom. The number of hydrogen-bond acceptors (Lipinski definition) is 2. The van der Waals surface area contributed by atoms with E-state index in [9.17, 15) is 9.59 Å². The molecule has 0 atom stereocenters. The summed E-state index contributed by atoms with van der Waals surface area (Å²) in [7, 11) is 0. The van der Waals surface area contributed by atoms with Gasteiger partial charge in [-0.2, -0.15) is 0 Å². The first-order valence-electron chi connectivity index (χ1n) is 6.06. The van der Waals surface area contributed by atoms with Crippen molar-refractivity contribution in [2.24, 2.45) is 0 Å². The highest BCUT2D eigenvalue weighted by atomic mass is 16.1. The van der Waals surface area contributed by atoms with Crippen LogP contribution in [0.25, 0.3) is 11.1 Å². The third-order valence-electron chi connectivity index (χ3n) is 3.85. The molecule has 0 radical (unpaired) electrons. The van der Waals surface area contributed by atoms with Gasteiger partial charge < -0.3 is 0 Å². The highest BCUT2D eigenvalue weighted by molar-refractivity contribution is 6.16. The minimum absolute atomic E-state index is 0.158.